The summed E-state index contributed by atoms with van der Waals surface area (Å²) in [5, 5.41) is 11.2. The number of nitrogens with zero attached hydrogens (tertiary/aromatic N) is 2. The zero-order valence-corrected chi connectivity index (χ0v) is 16.9. The topological polar surface area (TPSA) is 59.0 Å². The molecule has 0 aliphatic heterocycles. The van der Waals surface area contributed by atoms with E-state index >= 15 is 0 Å². The van der Waals surface area contributed by atoms with Crippen LogP contribution < -0.4 is 10.6 Å². The summed E-state index contributed by atoms with van der Waals surface area (Å²) in [4.78, 5) is 11.1. The predicted octanol–water partition coefficient (Wildman–Crippen LogP) is 4.79. The van der Waals surface area contributed by atoms with Crippen LogP contribution in [0.4, 0.5) is 5.69 Å². The first kappa shape index (κ1) is 19.6. The Balaban J connectivity index is 1.50. The third-order valence-corrected chi connectivity index (χ3v) is 4.78. The van der Waals surface area contributed by atoms with E-state index in [0.29, 0.717) is 6.54 Å². The third kappa shape index (κ3) is 4.82. The SMILES string of the molecule is CC(=O)Nc1ccc(CNCc2cn(-c3ccccc3)nc2-c2ccccc2)cc1. The van der Waals surface area contributed by atoms with Gasteiger partial charge < -0.3 is 10.6 Å². The zero-order chi connectivity index (χ0) is 20.8. The van der Waals surface area contributed by atoms with Crippen LogP contribution in [0.1, 0.15) is 18.1 Å². The van der Waals surface area contributed by atoms with Crippen molar-refractivity contribution in [3.8, 4) is 16.9 Å². The number of anilines is 1. The van der Waals surface area contributed by atoms with Crippen molar-refractivity contribution in [2.75, 3.05) is 5.32 Å². The molecule has 4 aromatic rings. The summed E-state index contributed by atoms with van der Waals surface area (Å²) in [5.74, 6) is -0.0651. The van der Waals surface area contributed by atoms with Gasteiger partial charge in [-0.05, 0) is 29.8 Å². The number of carbonyl (C=O) groups excluding carboxylic acids is 1. The van der Waals surface area contributed by atoms with Gasteiger partial charge in [0.25, 0.3) is 0 Å². The molecule has 0 atom stereocenters. The van der Waals surface area contributed by atoms with Gasteiger partial charge in [-0.25, -0.2) is 4.68 Å². The van der Waals surface area contributed by atoms with Crippen molar-refractivity contribution < 1.29 is 4.79 Å². The van der Waals surface area contributed by atoms with Crippen molar-refractivity contribution in [2.24, 2.45) is 0 Å². The average molecular weight is 396 g/mol. The second-order valence-electron chi connectivity index (χ2n) is 7.13. The van der Waals surface area contributed by atoms with E-state index in [0.717, 1.165) is 40.3 Å². The van der Waals surface area contributed by atoms with Gasteiger partial charge in [0.2, 0.25) is 5.91 Å². The highest BCUT2D eigenvalue weighted by atomic mass is 16.1. The maximum absolute atomic E-state index is 11.1. The van der Waals surface area contributed by atoms with Crippen LogP contribution in [0.5, 0.6) is 0 Å². The Morgan fingerprint density at radius 1 is 0.867 bits per heavy atom. The minimum Gasteiger partial charge on any atom is -0.326 e. The normalized spacial score (nSPS) is 10.7. The second kappa shape index (κ2) is 9.20. The molecule has 0 spiro atoms. The molecule has 30 heavy (non-hydrogen) atoms. The van der Waals surface area contributed by atoms with Crippen LogP contribution in [0.15, 0.2) is 91.1 Å². The lowest BCUT2D eigenvalue weighted by Gasteiger charge is -2.07. The maximum atomic E-state index is 11.1. The van der Waals surface area contributed by atoms with E-state index in [2.05, 4.69) is 41.1 Å². The van der Waals surface area contributed by atoms with Crippen LogP contribution in [-0.4, -0.2) is 15.7 Å². The highest BCUT2D eigenvalue weighted by Gasteiger charge is 2.12. The average Bonchev–Trinajstić information content (AvgIpc) is 3.20. The predicted molar refractivity (Wildman–Crippen MR) is 120 cm³/mol. The van der Waals surface area contributed by atoms with Gasteiger partial charge in [0.1, 0.15) is 0 Å². The number of benzene rings is 3. The van der Waals surface area contributed by atoms with Gasteiger partial charge in [-0.15, -0.1) is 0 Å². The van der Waals surface area contributed by atoms with Gasteiger partial charge in [-0.2, -0.15) is 5.10 Å². The van der Waals surface area contributed by atoms with Crippen molar-refractivity contribution in [2.45, 2.75) is 20.0 Å². The van der Waals surface area contributed by atoms with Crippen LogP contribution in [0.25, 0.3) is 16.9 Å². The van der Waals surface area contributed by atoms with Crippen LogP contribution >= 0.6 is 0 Å². The summed E-state index contributed by atoms with van der Waals surface area (Å²) in [5.41, 5.74) is 6.22. The molecule has 0 aliphatic rings. The highest BCUT2D eigenvalue weighted by molar-refractivity contribution is 5.88. The van der Waals surface area contributed by atoms with E-state index in [1.54, 1.807) is 0 Å². The first-order chi connectivity index (χ1) is 14.7. The van der Waals surface area contributed by atoms with E-state index in [1.807, 2.05) is 65.3 Å². The van der Waals surface area contributed by atoms with Crippen molar-refractivity contribution in [1.82, 2.24) is 15.1 Å². The molecule has 0 unspecified atom stereocenters. The first-order valence-corrected chi connectivity index (χ1v) is 9.96. The van der Waals surface area contributed by atoms with E-state index in [4.69, 9.17) is 5.10 Å². The lowest BCUT2D eigenvalue weighted by atomic mass is 10.1. The molecule has 0 fully saturated rings. The van der Waals surface area contributed by atoms with Crippen LogP contribution in [0.3, 0.4) is 0 Å². The Kier molecular flexibility index (Phi) is 6.01. The number of rotatable bonds is 7. The monoisotopic (exact) mass is 396 g/mol. The number of carbonyl (C=O) groups is 1. The van der Waals surface area contributed by atoms with E-state index in [9.17, 15) is 4.79 Å². The molecule has 150 valence electrons. The number of nitrogens with one attached hydrogen (secondary N) is 2. The molecular formula is C25H24N4O. The van der Waals surface area contributed by atoms with Crippen molar-refractivity contribution in [3.05, 3.63) is 102 Å². The molecule has 5 nitrogen and oxygen atoms in total. The summed E-state index contributed by atoms with van der Waals surface area (Å²) in [6.45, 7) is 2.94. The smallest absolute Gasteiger partial charge is 0.221 e. The van der Waals surface area contributed by atoms with Gasteiger partial charge in [0.05, 0.1) is 11.4 Å². The third-order valence-electron chi connectivity index (χ3n) is 4.78. The molecule has 1 amide bonds. The Hall–Kier alpha value is -3.70. The molecule has 3 aromatic carbocycles. The van der Waals surface area contributed by atoms with Crippen molar-refractivity contribution in [3.63, 3.8) is 0 Å². The Bertz CT molecular complexity index is 1100. The summed E-state index contributed by atoms with van der Waals surface area (Å²) in [6, 6.07) is 28.3. The second-order valence-corrected chi connectivity index (χ2v) is 7.13. The molecule has 0 bridgehead atoms. The van der Waals surface area contributed by atoms with Gasteiger partial charge in [0.15, 0.2) is 0 Å². The number of aromatic nitrogens is 2. The highest BCUT2D eigenvalue weighted by Crippen LogP contribution is 2.23. The Morgan fingerprint density at radius 3 is 2.20 bits per heavy atom. The molecular weight excluding hydrogens is 372 g/mol. The van der Waals surface area contributed by atoms with Gasteiger partial charge in [0, 0.05) is 43.0 Å². The lowest BCUT2D eigenvalue weighted by Crippen LogP contribution is -2.13. The van der Waals surface area contributed by atoms with Crippen LogP contribution in [0, 0.1) is 0 Å². The Labute approximate surface area is 176 Å². The molecule has 0 aliphatic carbocycles. The van der Waals surface area contributed by atoms with Gasteiger partial charge in [-0.1, -0.05) is 60.7 Å². The number of hydrogen-bond donors (Lipinski definition) is 2. The minimum absolute atomic E-state index is 0.0651. The summed E-state index contributed by atoms with van der Waals surface area (Å²) >= 11 is 0. The van der Waals surface area contributed by atoms with E-state index in [-0.39, 0.29) is 5.91 Å². The molecule has 1 heterocycles. The molecule has 5 heteroatoms. The fourth-order valence-electron chi connectivity index (χ4n) is 3.34. The van der Waals surface area contributed by atoms with Crippen molar-refractivity contribution in [1.29, 1.82) is 0 Å². The number of hydrogen-bond acceptors (Lipinski definition) is 3. The van der Waals surface area contributed by atoms with Crippen LogP contribution in [0.2, 0.25) is 0 Å². The lowest BCUT2D eigenvalue weighted by molar-refractivity contribution is -0.114. The number of amides is 1. The summed E-state index contributed by atoms with van der Waals surface area (Å²) in [6.07, 6.45) is 2.09. The first-order valence-electron chi connectivity index (χ1n) is 9.96. The quantitative estimate of drug-likeness (QED) is 0.472. The maximum Gasteiger partial charge on any atom is 0.221 e. The van der Waals surface area contributed by atoms with Crippen molar-refractivity contribution >= 4 is 11.6 Å². The largest absolute Gasteiger partial charge is 0.326 e. The molecule has 0 radical (unpaired) electrons. The molecule has 4 rings (SSSR count). The van der Waals surface area contributed by atoms with Crippen LogP contribution in [-0.2, 0) is 17.9 Å². The molecule has 1 aromatic heterocycles. The van der Waals surface area contributed by atoms with Gasteiger partial charge >= 0.3 is 0 Å². The van der Waals surface area contributed by atoms with E-state index in [1.165, 1.54) is 6.92 Å². The summed E-state index contributed by atoms with van der Waals surface area (Å²) in [7, 11) is 0. The molecule has 0 saturated carbocycles. The molecule has 2 N–H and O–H groups in total. The van der Waals surface area contributed by atoms with Gasteiger partial charge in [-0.3, -0.25) is 4.79 Å². The fourth-order valence-corrected chi connectivity index (χ4v) is 3.34. The zero-order valence-electron chi connectivity index (χ0n) is 16.9. The Morgan fingerprint density at radius 2 is 1.53 bits per heavy atom. The minimum atomic E-state index is -0.0651. The standard InChI is InChI=1S/C25H24N4O/c1-19(30)27-23-14-12-20(13-15-23)16-26-17-22-18-29(24-10-6-3-7-11-24)28-25(22)21-8-4-2-5-9-21/h2-15,18,26H,16-17H2,1H3,(H,27,30). The fraction of sp³-hybridized carbons (Fsp3) is 0.120. The number of para-hydroxylation sites is 1. The van der Waals surface area contributed by atoms with E-state index < -0.39 is 0 Å². The summed E-state index contributed by atoms with van der Waals surface area (Å²) < 4.78 is 1.93. The molecule has 0 saturated heterocycles.